The number of aryl methyl sites for hydroxylation is 2. The van der Waals surface area contributed by atoms with Crippen molar-refractivity contribution in [3.05, 3.63) is 29.3 Å². The van der Waals surface area contributed by atoms with Crippen molar-refractivity contribution in [3.8, 4) is 5.75 Å². The van der Waals surface area contributed by atoms with Crippen molar-refractivity contribution in [3.63, 3.8) is 0 Å². The average Bonchev–Trinajstić information content (AvgIpc) is 3.16. The number of ether oxygens (including phenoxy) is 1. The van der Waals surface area contributed by atoms with Crippen molar-refractivity contribution in [2.75, 3.05) is 13.2 Å². The maximum atomic E-state index is 12.7. The van der Waals surface area contributed by atoms with Crippen LogP contribution in [0.15, 0.2) is 18.2 Å². The topological polar surface area (TPSA) is 41.5 Å². The lowest BCUT2D eigenvalue weighted by Crippen LogP contribution is -2.48. The summed E-state index contributed by atoms with van der Waals surface area (Å²) in [6.45, 7) is 3.67. The Balaban J connectivity index is 1.79. The van der Waals surface area contributed by atoms with E-state index in [4.69, 9.17) is 4.74 Å². The van der Waals surface area contributed by atoms with Crippen LogP contribution in [0.25, 0.3) is 0 Å². The van der Waals surface area contributed by atoms with Crippen LogP contribution in [0.3, 0.4) is 0 Å². The summed E-state index contributed by atoms with van der Waals surface area (Å²) in [6.07, 6.45) is -5.10. The maximum absolute atomic E-state index is 12.7. The summed E-state index contributed by atoms with van der Waals surface area (Å²) in [4.78, 5) is 0. The predicted molar refractivity (Wildman–Crippen MR) is 73.4 cm³/mol. The predicted octanol–water partition coefficient (Wildman–Crippen LogP) is 2.73. The van der Waals surface area contributed by atoms with Gasteiger partial charge in [0.05, 0.1) is 0 Å². The van der Waals surface area contributed by atoms with Gasteiger partial charge in [0.1, 0.15) is 24.0 Å². The molecule has 0 saturated heterocycles. The van der Waals surface area contributed by atoms with E-state index in [2.05, 4.69) is 5.32 Å². The Morgan fingerprint density at radius 2 is 2.00 bits per heavy atom. The molecule has 0 aromatic heterocycles. The molecule has 21 heavy (non-hydrogen) atoms. The van der Waals surface area contributed by atoms with Gasteiger partial charge in [0.15, 0.2) is 0 Å². The van der Waals surface area contributed by atoms with Crippen molar-refractivity contribution in [2.24, 2.45) is 0 Å². The molecule has 0 amide bonds. The molecule has 6 heteroatoms. The van der Waals surface area contributed by atoms with Gasteiger partial charge in [-0.1, -0.05) is 17.7 Å². The summed E-state index contributed by atoms with van der Waals surface area (Å²) in [6, 6.07) is 5.63. The Morgan fingerprint density at radius 1 is 1.33 bits per heavy atom. The fourth-order valence-corrected chi connectivity index (χ4v) is 2.20. The normalized spacial score (nSPS) is 18.4. The van der Waals surface area contributed by atoms with E-state index in [1.807, 2.05) is 26.0 Å². The third-order valence-electron chi connectivity index (χ3n) is 3.73. The number of alkyl halides is 3. The van der Waals surface area contributed by atoms with Gasteiger partial charge < -0.3 is 15.2 Å². The zero-order valence-corrected chi connectivity index (χ0v) is 12.1. The molecule has 0 spiro atoms. The van der Waals surface area contributed by atoms with Crippen LogP contribution in [0.5, 0.6) is 5.75 Å². The minimum Gasteiger partial charge on any atom is -0.491 e. The van der Waals surface area contributed by atoms with E-state index in [0.717, 1.165) is 11.1 Å². The second-order valence-electron chi connectivity index (χ2n) is 5.69. The molecule has 1 unspecified atom stereocenters. The number of rotatable bonds is 6. The molecule has 0 aliphatic heterocycles. The van der Waals surface area contributed by atoms with Gasteiger partial charge >= 0.3 is 6.18 Å². The van der Waals surface area contributed by atoms with Crippen LogP contribution < -0.4 is 10.1 Å². The standard InChI is InChI=1S/C15H20F3NO2/c1-10-3-4-13(11(2)7-10)21-9-12(20)8-19-14(5-6-14)15(16,17)18/h3-4,7,12,19-20H,5-6,8-9H2,1-2H3. The molecule has 1 aliphatic carbocycles. The lowest BCUT2D eigenvalue weighted by atomic mass is 10.1. The third kappa shape index (κ3) is 3.89. The Hall–Kier alpha value is -1.27. The Kier molecular flexibility index (Phi) is 4.49. The number of hydrogen-bond acceptors (Lipinski definition) is 3. The van der Waals surface area contributed by atoms with Gasteiger partial charge in [-0.3, -0.25) is 0 Å². The molecule has 118 valence electrons. The van der Waals surface area contributed by atoms with Crippen molar-refractivity contribution in [1.29, 1.82) is 0 Å². The van der Waals surface area contributed by atoms with E-state index in [0.29, 0.717) is 5.75 Å². The first-order valence-electron chi connectivity index (χ1n) is 6.93. The van der Waals surface area contributed by atoms with Crippen LogP contribution in [-0.4, -0.2) is 36.1 Å². The summed E-state index contributed by atoms with van der Waals surface area (Å²) < 4.78 is 43.6. The lowest BCUT2D eigenvalue weighted by molar-refractivity contribution is -0.166. The SMILES string of the molecule is Cc1ccc(OCC(O)CNC2(C(F)(F)F)CC2)c(C)c1. The number of halogens is 3. The van der Waals surface area contributed by atoms with Crippen LogP contribution in [-0.2, 0) is 0 Å². The highest BCUT2D eigenvalue weighted by atomic mass is 19.4. The van der Waals surface area contributed by atoms with Gasteiger partial charge in [0, 0.05) is 6.54 Å². The molecule has 0 bridgehead atoms. The number of β-amino-alcohol motifs (C(OH)–C–C–N with tert-alkyl or cyclic N) is 1. The summed E-state index contributed by atoms with van der Waals surface area (Å²) in [5.74, 6) is 0.636. The second kappa shape index (κ2) is 5.85. The van der Waals surface area contributed by atoms with E-state index in [9.17, 15) is 18.3 Å². The summed E-state index contributed by atoms with van der Waals surface area (Å²) >= 11 is 0. The molecule has 1 aromatic rings. The fourth-order valence-electron chi connectivity index (χ4n) is 2.20. The first-order valence-corrected chi connectivity index (χ1v) is 6.93. The molecule has 1 aliphatic rings. The third-order valence-corrected chi connectivity index (χ3v) is 3.73. The molecule has 2 rings (SSSR count). The zero-order chi connectivity index (χ0) is 15.7. The molecule has 1 fully saturated rings. The van der Waals surface area contributed by atoms with E-state index in [-0.39, 0.29) is 26.0 Å². The van der Waals surface area contributed by atoms with Crippen LogP contribution in [0, 0.1) is 13.8 Å². The number of aliphatic hydroxyl groups is 1. The van der Waals surface area contributed by atoms with E-state index in [1.54, 1.807) is 6.07 Å². The summed E-state index contributed by atoms with van der Waals surface area (Å²) in [5.41, 5.74) is 0.236. The minimum atomic E-state index is -4.26. The van der Waals surface area contributed by atoms with Crippen LogP contribution in [0.1, 0.15) is 24.0 Å². The molecular weight excluding hydrogens is 283 g/mol. The smallest absolute Gasteiger partial charge is 0.406 e. The van der Waals surface area contributed by atoms with E-state index < -0.39 is 17.8 Å². The van der Waals surface area contributed by atoms with Crippen molar-refractivity contribution >= 4 is 0 Å². The molecule has 1 atom stereocenters. The molecule has 0 radical (unpaired) electrons. The number of hydrogen-bond donors (Lipinski definition) is 2. The Labute approximate surface area is 122 Å². The number of nitrogens with one attached hydrogen (secondary N) is 1. The zero-order valence-electron chi connectivity index (χ0n) is 12.1. The molecule has 0 heterocycles. The van der Waals surface area contributed by atoms with Gasteiger partial charge in [-0.05, 0) is 38.3 Å². The number of aliphatic hydroxyl groups excluding tert-OH is 1. The minimum absolute atomic E-state index is 0.0369. The highest BCUT2D eigenvalue weighted by molar-refractivity contribution is 5.35. The lowest BCUT2D eigenvalue weighted by Gasteiger charge is -2.22. The van der Waals surface area contributed by atoms with Crippen molar-refractivity contribution < 1.29 is 23.0 Å². The fraction of sp³-hybridized carbons (Fsp3) is 0.600. The Bertz CT molecular complexity index is 498. The largest absolute Gasteiger partial charge is 0.491 e. The van der Waals surface area contributed by atoms with Crippen LogP contribution in [0.2, 0.25) is 0 Å². The number of benzene rings is 1. The second-order valence-corrected chi connectivity index (χ2v) is 5.69. The van der Waals surface area contributed by atoms with Crippen LogP contribution in [0.4, 0.5) is 13.2 Å². The first kappa shape index (κ1) is 16.1. The molecule has 3 nitrogen and oxygen atoms in total. The van der Waals surface area contributed by atoms with E-state index in [1.165, 1.54) is 0 Å². The van der Waals surface area contributed by atoms with Crippen molar-refractivity contribution in [2.45, 2.75) is 44.5 Å². The van der Waals surface area contributed by atoms with Crippen molar-refractivity contribution in [1.82, 2.24) is 5.32 Å². The molecule has 1 aromatic carbocycles. The van der Waals surface area contributed by atoms with Gasteiger partial charge in [-0.2, -0.15) is 13.2 Å². The molecule has 1 saturated carbocycles. The molecule has 2 N–H and O–H groups in total. The summed E-state index contributed by atoms with van der Waals surface area (Å²) in [5, 5.41) is 12.2. The highest BCUT2D eigenvalue weighted by Gasteiger charge is 2.63. The van der Waals surface area contributed by atoms with Gasteiger partial charge in [0.2, 0.25) is 0 Å². The van der Waals surface area contributed by atoms with Gasteiger partial charge in [-0.15, -0.1) is 0 Å². The summed E-state index contributed by atoms with van der Waals surface area (Å²) in [7, 11) is 0. The van der Waals surface area contributed by atoms with Gasteiger partial charge in [0.25, 0.3) is 0 Å². The monoisotopic (exact) mass is 303 g/mol. The van der Waals surface area contributed by atoms with Gasteiger partial charge in [-0.25, -0.2) is 0 Å². The average molecular weight is 303 g/mol. The van der Waals surface area contributed by atoms with E-state index >= 15 is 0 Å². The first-order chi connectivity index (χ1) is 9.73. The quantitative estimate of drug-likeness (QED) is 0.849. The molecular formula is C15H20F3NO2. The highest BCUT2D eigenvalue weighted by Crippen LogP contribution is 2.48. The van der Waals surface area contributed by atoms with Crippen LogP contribution >= 0.6 is 0 Å². The Morgan fingerprint density at radius 3 is 2.52 bits per heavy atom. The maximum Gasteiger partial charge on any atom is 0.406 e.